The zero-order chi connectivity index (χ0) is 16.2. The number of nitrogens with one attached hydrogen (secondary N) is 1. The molecule has 3 aromatic rings. The number of nitrogens with zero attached hydrogens (tertiary/aromatic N) is 1. The van der Waals surface area contributed by atoms with Gasteiger partial charge >= 0.3 is 0 Å². The van der Waals surface area contributed by atoms with Crippen molar-refractivity contribution in [2.45, 2.75) is 0 Å². The third-order valence-electron chi connectivity index (χ3n) is 2.78. The third-order valence-corrected chi connectivity index (χ3v) is 5.05. The van der Waals surface area contributed by atoms with Gasteiger partial charge in [-0.3, -0.25) is 10.1 Å². The summed E-state index contributed by atoms with van der Waals surface area (Å²) in [5, 5.41) is 7.06. The fraction of sp³-hybridized carbons (Fsp3) is 0.0667. The Morgan fingerprint density at radius 3 is 2.96 bits per heavy atom. The highest BCUT2D eigenvalue weighted by Gasteiger charge is 2.10. The predicted molar refractivity (Wildman–Crippen MR) is 93.7 cm³/mol. The predicted octanol–water partition coefficient (Wildman–Crippen LogP) is 4.79. The maximum Gasteiger partial charge on any atom is 0.264 e. The molecule has 8 heteroatoms. The molecule has 4 nitrogen and oxygen atoms in total. The quantitative estimate of drug-likeness (QED) is 0.655. The number of halogens is 2. The maximum absolute atomic E-state index is 13.0. The van der Waals surface area contributed by atoms with Crippen LogP contribution in [0.2, 0.25) is 0 Å². The molecule has 2 aromatic heterocycles. The fourth-order valence-corrected chi connectivity index (χ4v) is 3.71. The minimum absolute atomic E-state index is 0.182. The minimum atomic E-state index is -0.377. The molecule has 0 atom stereocenters. The largest absolute Gasteiger partial charge is 0.483 e. The summed E-state index contributed by atoms with van der Waals surface area (Å²) in [5.41, 5.74) is 0.836. The summed E-state index contributed by atoms with van der Waals surface area (Å²) in [6, 6.07) is 7.94. The Labute approximate surface area is 148 Å². The Balaban J connectivity index is 1.57. The lowest BCUT2D eigenvalue weighted by molar-refractivity contribution is -0.118. The van der Waals surface area contributed by atoms with Crippen LogP contribution < -0.4 is 10.1 Å². The van der Waals surface area contributed by atoms with E-state index in [2.05, 4.69) is 26.2 Å². The Morgan fingerprint density at radius 1 is 1.35 bits per heavy atom. The molecule has 0 aliphatic carbocycles. The van der Waals surface area contributed by atoms with E-state index in [1.54, 1.807) is 11.3 Å². The zero-order valence-corrected chi connectivity index (χ0v) is 14.8. The van der Waals surface area contributed by atoms with Crippen molar-refractivity contribution in [3.8, 4) is 16.3 Å². The highest BCUT2D eigenvalue weighted by atomic mass is 79.9. The molecular weight excluding hydrogens is 403 g/mol. The number of thiazole rings is 1. The molecule has 118 valence electrons. The van der Waals surface area contributed by atoms with Gasteiger partial charge in [-0.15, -0.1) is 22.7 Å². The molecule has 0 saturated heterocycles. The Kier molecular flexibility index (Phi) is 5.04. The summed E-state index contributed by atoms with van der Waals surface area (Å²) in [6.07, 6.45) is 0. The third kappa shape index (κ3) is 4.15. The van der Waals surface area contributed by atoms with Gasteiger partial charge in [0.1, 0.15) is 11.6 Å². The van der Waals surface area contributed by atoms with E-state index in [0.717, 1.165) is 10.6 Å². The maximum atomic E-state index is 13.0. The normalized spacial score (nSPS) is 10.5. The first-order valence-corrected chi connectivity index (χ1v) is 9.04. The summed E-state index contributed by atoms with van der Waals surface area (Å²) >= 11 is 6.13. The molecule has 23 heavy (non-hydrogen) atoms. The van der Waals surface area contributed by atoms with Gasteiger partial charge in [0, 0.05) is 5.38 Å². The molecule has 0 unspecified atom stereocenters. The van der Waals surface area contributed by atoms with Crippen LogP contribution in [0.1, 0.15) is 0 Å². The van der Waals surface area contributed by atoms with Gasteiger partial charge in [0.25, 0.3) is 5.91 Å². The Hall–Kier alpha value is -1.77. The number of amides is 1. The molecular formula is C15H10BrFN2O2S2. The number of hydrogen-bond donors (Lipinski definition) is 1. The molecule has 0 fully saturated rings. The molecule has 0 saturated carbocycles. The van der Waals surface area contributed by atoms with Crippen molar-refractivity contribution in [2.24, 2.45) is 0 Å². The van der Waals surface area contributed by atoms with Crippen molar-refractivity contribution in [3.63, 3.8) is 0 Å². The Morgan fingerprint density at radius 2 is 2.22 bits per heavy atom. The number of carbonyl (C=O) groups is 1. The number of rotatable bonds is 5. The van der Waals surface area contributed by atoms with Crippen LogP contribution in [0.3, 0.4) is 0 Å². The molecule has 3 rings (SSSR count). The van der Waals surface area contributed by atoms with E-state index in [-0.39, 0.29) is 18.3 Å². The van der Waals surface area contributed by atoms with E-state index in [1.807, 2.05) is 22.9 Å². The molecule has 2 heterocycles. The summed E-state index contributed by atoms with van der Waals surface area (Å²) < 4.78 is 18.8. The number of aromatic nitrogens is 1. The molecule has 0 bridgehead atoms. The van der Waals surface area contributed by atoms with Crippen LogP contribution in [0.15, 0.2) is 45.6 Å². The Bertz CT molecular complexity index is 821. The van der Waals surface area contributed by atoms with Crippen molar-refractivity contribution in [1.82, 2.24) is 4.98 Å². The van der Waals surface area contributed by atoms with Crippen LogP contribution in [0.5, 0.6) is 5.75 Å². The lowest BCUT2D eigenvalue weighted by Gasteiger charge is -2.07. The molecule has 0 radical (unpaired) electrons. The second-order valence-electron chi connectivity index (χ2n) is 4.43. The highest BCUT2D eigenvalue weighted by Crippen LogP contribution is 2.28. The zero-order valence-electron chi connectivity index (χ0n) is 11.6. The fourth-order valence-electron chi connectivity index (χ4n) is 1.76. The first kappa shape index (κ1) is 16.1. The lowest BCUT2D eigenvalue weighted by atomic mass is 10.3. The van der Waals surface area contributed by atoms with Crippen molar-refractivity contribution in [1.29, 1.82) is 0 Å². The van der Waals surface area contributed by atoms with E-state index in [9.17, 15) is 9.18 Å². The van der Waals surface area contributed by atoms with E-state index in [4.69, 9.17) is 4.74 Å². The van der Waals surface area contributed by atoms with Gasteiger partial charge < -0.3 is 4.74 Å². The van der Waals surface area contributed by atoms with Crippen molar-refractivity contribution in [3.05, 3.63) is 51.4 Å². The number of carbonyl (C=O) groups excluding carboxylic acids is 1. The molecule has 1 amide bonds. The van der Waals surface area contributed by atoms with Crippen LogP contribution in [-0.4, -0.2) is 17.5 Å². The molecule has 1 aromatic carbocycles. The number of anilines is 1. The molecule has 0 aliphatic heterocycles. The van der Waals surface area contributed by atoms with Gasteiger partial charge in [0.05, 0.1) is 15.0 Å². The van der Waals surface area contributed by atoms with Gasteiger partial charge in [0.15, 0.2) is 11.7 Å². The van der Waals surface area contributed by atoms with Crippen LogP contribution in [-0.2, 0) is 4.79 Å². The summed E-state index contributed by atoms with van der Waals surface area (Å²) in [5.74, 6) is -0.300. The summed E-state index contributed by atoms with van der Waals surface area (Å²) in [4.78, 5) is 17.3. The van der Waals surface area contributed by atoms with Crippen LogP contribution in [0.4, 0.5) is 9.52 Å². The number of benzene rings is 1. The monoisotopic (exact) mass is 412 g/mol. The van der Waals surface area contributed by atoms with Crippen molar-refractivity contribution in [2.75, 3.05) is 11.9 Å². The molecule has 0 spiro atoms. The van der Waals surface area contributed by atoms with E-state index in [1.165, 1.54) is 29.5 Å². The summed E-state index contributed by atoms with van der Waals surface area (Å²) in [6.45, 7) is -0.182. The van der Waals surface area contributed by atoms with E-state index >= 15 is 0 Å². The van der Waals surface area contributed by atoms with Gasteiger partial charge in [-0.2, -0.15) is 0 Å². The van der Waals surface area contributed by atoms with Crippen molar-refractivity contribution < 1.29 is 13.9 Å². The van der Waals surface area contributed by atoms with Crippen LogP contribution in [0.25, 0.3) is 10.6 Å². The average Bonchev–Trinajstić information content (AvgIpc) is 3.17. The lowest BCUT2D eigenvalue weighted by Crippen LogP contribution is -2.20. The molecule has 0 aliphatic rings. The van der Waals surface area contributed by atoms with Gasteiger partial charge in [0.2, 0.25) is 0 Å². The van der Waals surface area contributed by atoms with Crippen LogP contribution >= 0.6 is 38.6 Å². The van der Waals surface area contributed by atoms with E-state index in [0.29, 0.717) is 15.4 Å². The van der Waals surface area contributed by atoms with Gasteiger partial charge in [-0.05, 0) is 45.6 Å². The second kappa shape index (κ2) is 7.20. The number of thiophene rings is 1. The second-order valence-corrected chi connectivity index (χ2v) is 7.09. The highest BCUT2D eigenvalue weighted by molar-refractivity contribution is 9.10. The summed E-state index contributed by atoms with van der Waals surface area (Å²) in [7, 11) is 0. The number of hydrogen-bond acceptors (Lipinski definition) is 5. The van der Waals surface area contributed by atoms with Crippen LogP contribution in [0, 0.1) is 5.82 Å². The average molecular weight is 413 g/mol. The topological polar surface area (TPSA) is 51.2 Å². The van der Waals surface area contributed by atoms with Gasteiger partial charge in [-0.1, -0.05) is 6.07 Å². The SMILES string of the molecule is O=C(COc1ccc(F)cc1Br)Nc1nc(-c2cccs2)cs1. The van der Waals surface area contributed by atoms with Crippen molar-refractivity contribution >= 4 is 49.6 Å². The standard InChI is InChI=1S/C15H10BrFN2O2S2/c16-10-6-9(17)3-4-12(10)21-7-14(20)19-15-18-11(8-23-15)13-2-1-5-22-13/h1-6,8H,7H2,(H,18,19,20). The smallest absolute Gasteiger partial charge is 0.264 e. The van der Waals surface area contributed by atoms with Gasteiger partial charge in [-0.25, -0.2) is 9.37 Å². The minimum Gasteiger partial charge on any atom is -0.483 e. The van der Waals surface area contributed by atoms with E-state index < -0.39 is 0 Å². The first-order chi connectivity index (χ1) is 11.1. The first-order valence-electron chi connectivity index (χ1n) is 6.49. The molecule has 1 N–H and O–H groups in total. The number of ether oxygens (including phenoxy) is 1.